The van der Waals surface area contributed by atoms with Crippen molar-refractivity contribution < 1.29 is 38.4 Å². The van der Waals surface area contributed by atoms with E-state index in [0.29, 0.717) is 102 Å². The van der Waals surface area contributed by atoms with E-state index in [1.54, 1.807) is 62.0 Å². The fourth-order valence-corrected chi connectivity index (χ4v) is 12.0. The van der Waals surface area contributed by atoms with Crippen molar-refractivity contribution in [2.24, 2.45) is 10.8 Å². The summed E-state index contributed by atoms with van der Waals surface area (Å²) < 4.78 is 0. The lowest BCUT2D eigenvalue weighted by atomic mass is 9.85. The van der Waals surface area contributed by atoms with Crippen molar-refractivity contribution in [3.63, 3.8) is 0 Å². The highest BCUT2D eigenvalue weighted by Gasteiger charge is 2.45. The van der Waals surface area contributed by atoms with E-state index in [2.05, 4.69) is 21.3 Å². The molecule has 18 nitrogen and oxygen atoms in total. The number of carbonyl (C=O) groups is 8. The zero-order valence-corrected chi connectivity index (χ0v) is 50.4. The van der Waals surface area contributed by atoms with E-state index >= 15 is 0 Å². The van der Waals surface area contributed by atoms with E-state index in [1.807, 2.05) is 122 Å². The van der Waals surface area contributed by atoms with Crippen LogP contribution in [-0.2, 0) is 41.6 Å². The average molecular weight is 1130 g/mol. The number of carbonyl (C=O) groups excluding carboxylic acids is 8. The molecule has 0 saturated carbocycles. The van der Waals surface area contributed by atoms with Gasteiger partial charge in [0.2, 0.25) is 35.4 Å². The molecule has 0 bridgehead atoms. The molecule has 0 unspecified atom stereocenters. The van der Waals surface area contributed by atoms with Gasteiger partial charge < -0.3 is 50.7 Å². The third-order valence-corrected chi connectivity index (χ3v) is 17.3. The van der Waals surface area contributed by atoms with Gasteiger partial charge in [0.05, 0.1) is 12.1 Å². The van der Waals surface area contributed by atoms with E-state index in [0.717, 1.165) is 24.0 Å². The van der Waals surface area contributed by atoms with Crippen LogP contribution in [0.1, 0.15) is 139 Å². The number of amides is 8. The molecule has 0 aliphatic carbocycles. The molecule has 0 spiro atoms. The van der Waals surface area contributed by atoms with Crippen LogP contribution in [0.25, 0.3) is 0 Å². The molecule has 446 valence electrons. The van der Waals surface area contributed by atoms with E-state index in [4.69, 9.17) is 0 Å². The zero-order chi connectivity index (χ0) is 59.5. The lowest BCUT2D eigenvalue weighted by Gasteiger charge is -2.38. The van der Waals surface area contributed by atoms with Crippen molar-refractivity contribution in [1.29, 1.82) is 0 Å². The van der Waals surface area contributed by atoms with Crippen molar-refractivity contribution in [2.45, 2.75) is 168 Å². The lowest BCUT2D eigenvalue weighted by Crippen LogP contribution is -2.59. The minimum absolute atomic E-state index is 0.176. The van der Waals surface area contributed by atoms with Gasteiger partial charge in [-0.1, -0.05) is 102 Å². The van der Waals surface area contributed by atoms with Gasteiger partial charge in [-0.05, 0) is 138 Å². The number of hydrogen-bond acceptors (Lipinski definition) is 10. The monoisotopic (exact) mass is 1130 g/mol. The summed E-state index contributed by atoms with van der Waals surface area (Å²) in [4.78, 5) is 125. The highest BCUT2D eigenvalue weighted by Crippen LogP contribution is 2.31. The first kappa shape index (κ1) is 62.9. The first-order valence-electron chi connectivity index (χ1n) is 30.0. The van der Waals surface area contributed by atoms with Crippen molar-refractivity contribution >= 4 is 47.3 Å². The number of nitrogens with zero attached hydrogens (tertiary/aromatic N) is 6. The van der Waals surface area contributed by atoms with Crippen molar-refractivity contribution in [3.05, 3.63) is 107 Å². The maximum absolute atomic E-state index is 15.0. The molecule has 4 aliphatic heterocycles. The Kier molecular flexibility index (Phi) is 21.5. The maximum Gasteiger partial charge on any atom is 0.254 e. The van der Waals surface area contributed by atoms with Crippen molar-refractivity contribution in [3.8, 4) is 0 Å². The Balaban J connectivity index is 1.05. The van der Waals surface area contributed by atoms with Crippen LogP contribution in [0, 0.1) is 10.8 Å². The summed E-state index contributed by atoms with van der Waals surface area (Å²) in [5.74, 6) is -1.87. The van der Waals surface area contributed by atoms with Crippen LogP contribution in [0.2, 0.25) is 0 Å². The van der Waals surface area contributed by atoms with Crippen LogP contribution in [0.5, 0.6) is 0 Å². The fraction of sp³-hybridized carbons (Fsp3) is 0.594. The third-order valence-electron chi connectivity index (χ3n) is 17.3. The molecule has 4 aliphatic rings. The van der Waals surface area contributed by atoms with Crippen LogP contribution in [-0.4, -0.2) is 191 Å². The second-order valence-electron chi connectivity index (χ2n) is 25.2. The Labute approximate surface area is 486 Å². The fourth-order valence-electron chi connectivity index (χ4n) is 12.0. The highest BCUT2D eigenvalue weighted by molar-refractivity contribution is 6.01. The molecular formula is C64H92N10O8. The molecule has 4 heterocycles. The Morgan fingerprint density at radius 3 is 1.15 bits per heavy atom. The number of likely N-dealkylation sites (tertiary alicyclic amines) is 4. The standard InChI is InChI=1S/C64H92N10O8/c1-43(65-9)55(75)67-53(63(3,4)5)61(81)71-35-17-25-49(71)41-69(39-33-45-21-13-11-14-22-45)59(79)51-27-19-37-73(51)57(77)47-29-31-48(32-30-47)58(78)74-38-20-28-52(74)60(80)70(40-34-46-23-15-12-16-24-46)42-50-26-18-36-72(50)62(82)54(64(6,7)8)68-56(76)44(2)66-10/h11-16,21-24,29-32,43-44,49-54,65-66H,17-20,25-28,33-42H2,1-10H3,(H,67,75)(H,68,76)/t43-,44-,49-,50-,51-,52-,53+,54+/m0/s1. The molecule has 0 radical (unpaired) electrons. The molecule has 4 N–H and O–H groups in total. The smallest absolute Gasteiger partial charge is 0.254 e. The number of rotatable bonds is 22. The Bertz CT molecular complexity index is 2510. The molecule has 7 rings (SSSR count). The molecular weight excluding hydrogens is 1040 g/mol. The van der Waals surface area contributed by atoms with Gasteiger partial charge in [0.15, 0.2) is 0 Å². The van der Waals surface area contributed by atoms with Crippen LogP contribution in [0.3, 0.4) is 0 Å². The summed E-state index contributed by atoms with van der Waals surface area (Å²) >= 11 is 0. The van der Waals surface area contributed by atoms with Gasteiger partial charge in [-0.2, -0.15) is 0 Å². The van der Waals surface area contributed by atoms with Gasteiger partial charge in [0.25, 0.3) is 11.8 Å². The quantitative estimate of drug-likeness (QED) is 0.102. The summed E-state index contributed by atoms with van der Waals surface area (Å²) in [6, 6.07) is 21.8. The summed E-state index contributed by atoms with van der Waals surface area (Å²) in [5, 5.41) is 11.9. The second kappa shape index (κ2) is 28.1. The zero-order valence-electron chi connectivity index (χ0n) is 50.4. The van der Waals surface area contributed by atoms with Gasteiger partial charge in [-0.3, -0.25) is 38.4 Å². The van der Waals surface area contributed by atoms with Crippen LogP contribution in [0.4, 0.5) is 0 Å². The van der Waals surface area contributed by atoms with E-state index in [1.165, 1.54) is 0 Å². The van der Waals surface area contributed by atoms with Crippen molar-refractivity contribution in [1.82, 2.24) is 50.7 Å². The molecule has 4 fully saturated rings. The van der Waals surface area contributed by atoms with Crippen LogP contribution >= 0.6 is 0 Å². The molecule has 18 heteroatoms. The summed E-state index contributed by atoms with van der Waals surface area (Å²) in [6.07, 6.45) is 6.27. The number of benzene rings is 3. The maximum atomic E-state index is 15.0. The first-order chi connectivity index (χ1) is 39.0. The second-order valence-corrected chi connectivity index (χ2v) is 25.2. The van der Waals surface area contributed by atoms with Gasteiger partial charge in [0, 0.05) is 75.6 Å². The van der Waals surface area contributed by atoms with Gasteiger partial charge in [0.1, 0.15) is 24.2 Å². The molecule has 82 heavy (non-hydrogen) atoms. The Hall–Kier alpha value is -6.66. The van der Waals surface area contributed by atoms with Gasteiger partial charge in [-0.15, -0.1) is 0 Å². The molecule has 0 aromatic heterocycles. The van der Waals surface area contributed by atoms with E-state index in [-0.39, 0.29) is 72.4 Å². The highest BCUT2D eigenvalue weighted by atomic mass is 16.2. The predicted octanol–water partition coefficient (Wildman–Crippen LogP) is 5.30. The number of nitrogens with one attached hydrogen (secondary N) is 4. The van der Waals surface area contributed by atoms with Crippen LogP contribution < -0.4 is 21.3 Å². The first-order valence-corrected chi connectivity index (χ1v) is 30.0. The summed E-state index contributed by atoms with van der Waals surface area (Å²) in [5.41, 5.74) is 1.63. The van der Waals surface area contributed by atoms with E-state index < -0.39 is 47.1 Å². The molecule has 3 aromatic rings. The Morgan fingerprint density at radius 1 is 0.488 bits per heavy atom. The van der Waals surface area contributed by atoms with Gasteiger partial charge >= 0.3 is 0 Å². The predicted molar refractivity (Wildman–Crippen MR) is 317 cm³/mol. The average Bonchev–Trinajstić information content (AvgIpc) is 4.37. The molecule has 4 saturated heterocycles. The van der Waals surface area contributed by atoms with E-state index in [9.17, 15) is 38.4 Å². The SMILES string of the molecule is CN[C@@H](C)C(=O)N[C@H](C(=O)N1CCC[C@H]1CN(CCc1ccccc1)C(=O)[C@@H]1CCCN1C(=O)c1ccc(C(=O)N2CCC[C@H]2C(=O)N(CCc2ccccc2)C[C@@H]2CCCN2C(=O)[C@@H](NC(=O)[C@H](C)NC)C(C)(C)C)cc1)C(C)(C)C. The third kappa shape index (κ3) is 15.5. The molecule has 3 aromatic carbocycles. The Morgan fingerprint density at radius 2 is 0.817 bits per heavy atom. The largest absolute Gasteiger partial charge is 0.342 e. The minimum atomic E-state index is -0.782. The van der Waals surface area contributed by atoms with Crippen LogP contribution in [0.15, 0.2) is 84.9 Å². The van der Waals surface area contributed by atoms with Crippen molar-refractivity contribution in [2.75, 3.05) is 66.5 Å². The number of likely N-dealkylation sites (N-methyl/N-ethyl adjacent to an activating group) is 2. The topological polar surface area (TPSA) is 204 Å². The summed E-state index contributed by atoms with van der Waals surface area (Å²) in [7, 11) is 3.40. The number of hydrogen-bond donors (Lipinski definition) is 4. The summed E-state index contributed by atoms with van der Waals surface area (Å²) in [6.45, 7) is 18.2. The molecule has 8 amide bonds. The lowest BCUT2D eigenvalue weighted by molar-refractivity contribution is -0.142. The molecule has 8 atom stereocenters. The van der Waals surface area contributed by atoms with Gasteiger partial charge in [-0.25, -0.2) is 0 Å². The minimum Gasteiger partial charge on any atom is -0.342 e. The normalized spacial score (nSPS) is 20.7.